The van der Waals surface area contributed by atoms with Crippen molar-refractivity contribution in [1.82, 2.24) is 5.32 Å². The lowest BCUT2D eigenvalue weighted by molar-refractivity contribution is -0.123. The van der Waals surface area contributed by atoms with Crippen LogP contribution in [0.25, 0.3) is 0 Å². The van der Waals surface area contributed by atoms with Crippen molar-refractivity contribution in [2.24, 2.45) is 0 Å². The molecule has 0 atom stereocenters. The number of carbonyl (C=O) groups excluding carboxylic acids is 1. The van der Waals surface area contributed by atoms with E-state index in [0.717, 1.165) is 11.1 Å². The molecule has 0 radical (unpaired) electrons. The predicted octanol–water partition coefficient (Wildman–Crippen LogP) is 4.42. The number of hydrogen-bond acceptors (Lipinski definition) is 4. The predicted molar refractivity (Wildman–Crippen MR) is 102 cm³/mol. The third-order valence-electron chi connectivity index (χ3n) is 4.17. The van der Waals surface area contributed by atoms with Crippen LogP contribution in [0.1, 0.15) is 36.5 Å². The molecule has 0 saturated carbocycles. The minimum absolute atomic E-state index is 0.0589. The fourth-order valence-electron chi connectivity index (χ4n) is 2.54. The van der Waals surface area contributed by atoms with Crippen LogP contribution in [0.3, 0.4) is 0 Å². The molecular formula is C21H25F2NO4. The van der Waals surface area contributed by atoms with E-state index >= 15 is 0 Å². The Kier molecular flexibility index (Phi) is 7.61. The zero-order valence-electron chi connectivity index (χ0n) is 16.4. The summed E-state index contributed by atoms with van der Waals surface area (Å²) in [5, 5.41) is 2.73. The minimum atomic E-state index is -2.94. The summed E-state index contributed by atoms with van der Waals surface area (Å²) in [5.41, 5.74) is 2.78. The molecule has 0 saturated heterocycles. The largest absolute Gasteiger partial charge is 0.493 e. The molecule has 2 aromatic rings. The summed E-state index contributed by atoms with van der Waals surface area (Å²) in [5.74, 6) is 0.863. The quantitative estimate of drug-likeness (QED) is 0.685. The van der Waals surface area contributed by atoms with E-state index < -0.39 is 6.61 Å². The van der Waals surface area contributed by atoms with Crippen LogP contribution in [0.4, 0.5) is 8.78 Å². The van der Waals surface area contributed by atoms with Gasteiger partial charge in [-0.3, -0.25) is 4.79 Å². The average molecular weight is 393 g/mol. The second kappa shape index (κ2) is 9.92. The van der Waals surface area contributed by atoms with E-state index in [0.29, 0.717) is 17.2 Å². The summed E-state index contributed by atoms with van der Waals surface area (Å²) in [6.07, 6.45) is 0. The molecule has 0 bridgehead atoms. The van der Waals surface area contributed by atoms with Gasteiger partial charge in [0.15, 0.2) is 18.1 Å². The second-order valence-electron chi connectivity index (χ2n) is 6.61. The van der Waals surface area contributed by atoms with E-state index in [2.05, 4.69) is 23.9 Å². The Morgan fingerprint density at radius 3 is 2.46 bits per heavy atom. The Labute approximate surface area is 163 Å². The van der Waals surface area contributed by atoms with Gasteiger partial charge in [0.25, 0.3) is 5.91 Å². The van der Waals surface area contributed by atoms with Crippen molar-refractivity contribution in [2.75, 3.05) is 13.7 Å². The monoisotopic (exact) mass is 393 g/mol. The Morgan fingerprint density at radius 2 is 1.82 bits per heavy atom. The molecule has 0 aliphatic carbocycles. The van der Waals surface area contributed by atoms with Crippen LogP contribution < -0.4 is 19.5 Å². The average Bonchev–Trinajstić information content (AvgIpc) is 2.65. The molecule has 1 amide bonds. The highest BCUT2D eigenvalue weighted by atomic mass is 19.3. The first-order valence-corrected chi connectivity index (χ1v) is 8.92. The number of nitrogens with one attached hydrogen (secondary N) is 1. The van der Waals surface area contributed by atoms with Crippen molar-refractivity contribution in [3.8, 4) is 17.2 Å². The van der Waals surface area contributed by atoms with Gasteiger partial charge in [-0.25, -0.2) is 0 Å². The number of halogens is 2. The summed E-state index contributed by atoms with van der Waals surface area (Å²) >= 11 is 0. The first kappa shape index (κ1) is 21.5. The smallest absolute Gasteiger partial charge is 0.387 e. The number of amides is 1. The lowest BCUT2D eigenvalue weighted by Gasteiger charge is -2.14. The maximum atomic E-state index is 12.4. The molecule has 7 heteroatoms. The van der Waals surface area contributed by atoms with E-state index in [1.807, 2.05) is 25.1 Å². The van der Waals surface area contributed by atoms with E-state index in [4.69, 9.17) is 9.47 Å². The maximum absolute atomic E-state index is 12.4. The number of carbonyl (C=O) groups is 1. The van der Waals surface area contributed by atoms with Gasteiger partial charge in [-0.15, -0.1) is 0 Å². The zero-order chi connectivity index (χ0) is 20.7. The Morgan fingerprint density at radius 1 is 1.07 bits per heavy atom. The van der Waals surface area contributed by atoms with Gasteiger partial charge < -0.3 is 19.5 Å². The highest BCUT2D eigenvalue weighted by Gasteiger charge is 2.12. The van der Waals surface area contributed by atoms with Crippen molar-refractivity contribution in [2.45, 2.75) is 39.8 Å². The molecule has 152 valence electrons. The fourth-order valence-corrected chi connectivity index (χ4v) is 2.54. The van der Waals surface area contributed by atoms with E-state index in [1.54, 1.807) is 6.07 Å². The van der Waals surface area contributed by atoms with Crippen LogP contribution in [0.15, 0.2) is 36.4 Å². The molecule has 0 aliphatic rings. The molecule has 0 heterocycles. The third kappa shape index (κ3) is 6.11. The highest BCUT2D eigenvalue weighted by Crippen LogP contribution is 2.29. The molecule has 0 fully saturated rings. The standard InChI is InChI=1S/C21H25F2NO4/c1-13(2)16-7-5-14(3)18(10-16)27-12-20(25)24-11-15-6-8-17(28-21(22)23)19(9-15)26-4/h5-10,13,21H,11-12H2,1-4H3,(H,24,25). The first-order chi connectivity index (χ1) is 13.3. The molecule has 5 nitrogen and oxygen atoms in total. The fraction of sp³-hybridized carbons (Fsp3) is 0.381. The zero-order valence-corrected chi connectivity index (χ0v) is 16.4. The Balaban J connectivity index is 1.91. The van der Waals surface area contributed by atoms with E-state index in [9.17, 15) is 13.6 Å². The van der Waals surface area contributed by atoms with Gasteiger partial charge in [-0.05, 0) is 47.7 Å². The van der Waals surface area contributed by atoms with Crippen molar-refractivity contribution < 1.29 is 27.8 Å². The van der Waals surface area contributed by atoms with Crippen LogP contribution in [0, 0.1) is 6.92 Å². The molecule has 2 rings (SSSR count). The molecule has 0 aromatic heterocycles. The van der Waals surface area contributed by atoms with Crippen molar-refractivity contribution in [1.29, 1.82) is 0 Å². The number of methoxy groups -OCH3 is 1. The topological polar surface area (TPSA) is 56.8 Å². The SMILES string of the molecule is COc1cc(CNC(=O)COc2cc(C(C)C)ccc2C)ccc1OC(F)F. The normalized spacial score (nSPS) is 10.9. The van der Waals surface area contributed by atoms with Gasteiger partial charge >= 0.3 is 6.61 Å². The number of ether oxygens (including phenoxy) is 3. The van der Waals surface area contributed by atoms with Crippen LogP contribution >= 0.6 is 0 Å². The molecule has 1 N–H and O–H groups in total. The number of hydrogen-bond donors (Lipinski definition) is 1. The highest BCUT2D eigenvalue weighted by molar-refractivity contribution is 5.77. The molecule has 2 aromatic carbocycles. The first-order valence-electron chi connectivity index (χ1n) is 8.92. The van der Waals surface area contributed by atoms with Crippen molar-refractivity contribution in [3.05, 3.63) is 53.1 Å². The summed E-state index contributed by atoms with van der Waals surface area (Å²) < 4.78 is 39.8. The van der Waals surface area contributed by atoms with Crippen LogP contribution in [0.2, 0.25) is 0 Å². The number of benzene rings is 2. The molecule has 0 aliphatic heterocycles. The van der Waals surface area contributed by atoms with Crippen molar-refractivity contribution >= 4 is 5.91 Å². The summed E-state index contributed by atoms with van der Waals surface area (Å²) in [6.45, 7) is 3.26. The van der Waals surface area contributed by atoms with Gasteiger partial charge in [0.1, 0.15) is 5.75 Å². The summed E-state index contributed by atoms with van der Waals surface area (Å²) in [4.78, 5) is 12.1. The molecule has 0 spiro atoms. The Bertz CT molecular complexity index is 809. The Hall–Kier alpha value is -2.83. The second-order valence-corrected chi connectivity index (χ2v) is 6.61. The maximum Gasteiger partial charge on any atom is 0.387 e. The van der Waals surface area contributed by atoms with Gasteiger partial charge in [-0.1, -0.05) is 32.0 Å². The summed E-state index contributed by atoms with van der Waals surface area (Å²) in [6, 6.07) is 10.5. The van der Waals surface area contributed by atoms with E-state index in [1.165, 1.54) is 19.2 Å². The number of alkyl halides is 2. The summed E-state index contributed by atoms with van der Waals surface area (Å²) in [7, 11) is 1.36. The van der Waals surface area contributed by atoms with Crippen LogP contribution in [-0.2, 0) is 11.3 Å². The van der Waals surface area contributed by atoms with Gasteiger partial charge in [0, 0.05) is 6.54 Å². The number of aryl methyl sites for hydroxylation is 1. The lowest BCUT2D eigenvalue weighted by Crippen LogP contribution is -2.28. The molecule has 0 unspecified atom stereocenters. The molecule has 28 heavy (non-hydrogen) atoms. The van der Waals surface area contributed by atoms with Crippen molar-refractivity contribution in [3.63, 3.8) is 0 Å². The van der Waals surface area contributed by atoms with Crippen LogP contribution in [0.5, 0.6) is 17.2 Å². The van der Waals surface area contributed by atoms with Crippen LogP contribution in [-0.4, -0.2) is 26.2 Å². The van der Waals surface area contributed by atoms with Gasteiger partial charge in [0.2, 0.25) is 0 Å². The minimum Gasteiger partial charge on any atom is -0.493 e. The molecular weight excluding hydrogens is 368 g/mol. The van der Waals surface area contributed by atoms with E-state index in [-0.39, 0.29) is 30.6 Å². The lowest BCUT2D eigenvalue weighted by atomic mass is 10.0. The van der Waals surface area contributed by atoms with Gasteiger partial charge in [-0.2, -0.15) is 8.78 Å². The van der Waals surface area contributed by atoms with Gasteiger partial charge in [0.05, 0.1) is 7.11 Å². The third-order valence-corrected chi connectivity index (χ3v) is 4.17. The number of rotatable bonds is 9.